The number of nitrogens with one attached hydrogen (secondary N) is 1. The molecule has 0 spiro atoms. The van der Waals surface area contributed by atoms with Gasteiger partial charge in [-0.25, -0.2) is 4.98 Å². The lowest BCUT2D eigenvalue weighted by Crippen LogP contribution is -2.04. The summed E-state index contributed by atoms with van der Waals surface area (Å²) in [7, 11) is 3.35. The van der Waals surface area contributed by atoms with Crippen molar-refractivity contribution in [1.82, 2.24) is 9.97 Å². The van der Waals surface area contributed by atoms with E-state index in [4.69, 9.17) is 15.9 Å². The van der Waals surface area contributed by atoms with Gasteiger partial charge in [-0.2, -0.15) is 4.98 Å². The predicted molar refractivity (Wildman–Crippen MR) is 56.6 cm³/mol. The van der Waals surface area contributed by atoms with Crippen LogP contribution >= 0.6 is 0 Å². The van der Waals surface area contributed by atoms with Gasteiger partial charge in [-0.3, -0.25) is 0 Å². The minimum Gasteiger partial charge on any atom is -0.464 e. The van der Waals surface area contributed by atoms with Crippen molar-refractivity contribution in [2.24, 2.45) is 0 Å². The van der Waals surface area contributed by atoms with Crippen LogP contribution in [0.25, 0.3) is 0 Å². The normalized spacial score (nSPS) is 9.40. The number of hydrogen-bond donors (Lipinski definition) is 1. The van der Waals surface area contributed by atoms with Gasteiger partial charge in [-0.1, -0.05) is 5.92 Å². The minimum absolute atomic E-state index is 0.187. The van der Waals surface area contributed by atoms with Gasteiger partial charge < -0.3 is 14.8 Å². The summed E-state index contributed by atoms with van der Waals surface area (Å²) >= 11 is 0. The summed E-state index contributed by atoms with van der Waals surface area (Å²) in [5.74, 6) is 4.04. The summed E-state index contributed by atoms with van der Waals surface area (Å²) in [5.41, 5.74) is 0. The molecule has 0 unspecified atom stereocenters. The van der Waals surface area contributed by atoms with Crippen molar-refractivity contribution in [3.63, 3.8) is 0 Å². The number of nitrogens with zero attached hydrogens (tertiary/aromatic N) is 2. The number of hydrogen-bond acceptors (Lipinski definition) is 5. The number of aromatic nitrogens is 2. The molecule has 0 fully saturated rings. The monoisotopic (exact) mass is 207 g/mol. The maximum atomic E-state index is 5.20. The summed E-state index contributed by atoms with van der Waals surface area (Å²) < 4.78 is 10.1. The zero-order valence-electron chi connectivity index (χ0n) is 8.78. The molecule has 1 heterocycles. The van der Waals surface area contributed by atoms with E-state index < -0.39 is 0 Å². The lowest BCUT2D eigenvalue weighted by atomic mass is 10.5. The first-order valence-electron chi connectivity index (χ1n) is 4.41. The first-order valence-corrected chi connectivity index (χ1v) is 4.41. The van der Waals surface area contributed by atoms with Gasteiger partial charge >= 0.3 is 0 Å². The highest BCUT2D eigenvalue weighted by Crippen LogP contribution is 2.13. The maximum Gasteiger partial charge on any atom is 0.219 e. The van der Waals surface area contributed by atoms with Gasteiger partial charge in [0, 0.05) is 20.2 Å². The Kier molecular flexibility index (Phi) is 4.38. The Morgan fingerprint density at radius 3 is 2.93 bits per heavy atom. The molecule has 5 heteroatoms. The van der Waals surface area contributed by atoms with Crippen LogP contribution in [0.2, 0.25) is 0 Å². The zero-order chi connectivity index (χ0) is 11.1. The quantitative estimate of drug-likeness (QED) is 0.719. The van der Waals surface area contributed by atoms with Crippen molar-refractivity contribution in [3.05, 3.63) is 11.9 Å². The van der Waals surface area contributed by atoms with E-state index in [-0.39, 0.29) is 6.61 Å². The van der Waals surface area contributed by atoms with Crippen molar-refractivity contribution < 1.29 is 9.47 Å². The summed E-state index contributed by atoms with van der Waals surface area (Å²) in [6.07, 6.45) is 5.08. The summed E-state index contributed by atoms with van der Waals surface area (Å²) in [4.78, 5) is 8.29. The number of methoxy groups -OCH3 is 1. The first kappa shape index (κ1) is 11.3. The molecule has 0 saturated heterocycles. The van der Waals surface area contributed by atoms with Crippen molar-refractivity contribution in [2.75, 3.05) is 26.1 Å². The van der Waals surface area contributed by atoms with Crippen molar-refractivity contribution >= 4 is 5.82 Å². The molecule has 0 aliphatic carbocycles. The first-order chi connectivity index (χ1) is 7.30. The van der Waals surface area contributed by atoms with Crippen LogP contribution in [0.3, 0.4) is 0 Å². The third-order valence-corrected chi connectivity index (χ3v) is 1.58. The van der Waals surface area contributed by atoms with Gasteiger partial charge in [0.1, 0.15) is 12.4 Å². The zero-order valence-corrected chi connectivity index (χ0v) is 8.78. The molecule has 0 aliphatic heterocycles. The lowest BCUT2D eigenvalue weighted by molar-refractivity contribution is 0.176. The fourth-order valence-electron chi connectivity index (χ4n) is 0.984. The van der Waals surface area contributed by atoms with Crippen LogP contribution < -0.4 is 10.1 Å². The van der Waals surface area contributed by atoms with Crippen LogP contribution in [0, 0.1) is 12.3 Å². The molecule has 0 bridgehead atoms. The Labute approximate surface area is 88.8 Å². The van der Waals surface area contributed by atoms with Gasteiger partial charge in [0.15, 0.2) is 12.4 Å². The van der Waals surface area contributed by atoms with Crippen LogP contribution in [-0.2, 0) is 11.3 Å². The van der Waals surface area contributed by atoms with Crippen LogP contribution in [0.15, 0.2) is 6.07 Å². The van der Waals surface area contributed by atoms with E-state index >= 15 is 0 Å². The van der Waals surface area contributed by atoms with Gasteiger partial charge in [-0.15, -0.1) is 6.42 Å². The third kappa shape index (κ3) is 3.44. The van der Waals surface area contributed by atoms with E-state index in [1.165, 1.54) is 0 Å². The molecule has 0 aromatic carbocycles. The van der Waals surface area contributed by atoms with Crippen molar-refractivity contribution in [1.29, 1.82) is 0 Å². The molecule has 80 valence electrons. The Bertz CT molecular complexity index is 360. The molecule has 1 aromatic heterocycles. The molecular formula is C10H13N3O2. The molecule has 0 aliphatic rings. The third-order valence-electron chi connectivity index (χ3n) is 1.58. The molecule has 0 saturated carbocycles. The Morgan fingerprint density at radius 1 is 1.53 bits per heavy atom. The van der Waals surface area contributed by atoms with E-state index in [0.717, 1.165) is 0 Å². The number of ether oxygens (including phenoxy) is 2. The van der Waals surface area contributed by atoms with Crippen molar-refractivity contribution in [2.45, 2.75) is 6.61 Å². The average molecular weight is 207 g/mol. The van der Waals surface area contributed by atoms with Crippen LogP contribution in [-0.4, -0.2) is 30.7 Å². The van der Waals surface area contributed by atoms with Crippen LogP contribution in [0.4, 0.5) is 5.82 Å². The standard InChI is InChI=1S/C10H13N3O2/c1-4-5-15-10-6-8(11-2)12-9(13-10)7-14-3/h1,6H,5,7H2,2-3H3,(H,11,12,13). The van der Waals surface area contributed by atoms with Crippen molar-refractivity contribution in [3.8, 4) is 18.2 Å². The Hall–Kier alpha value is -1.80. The highest BCUT2D eigenvalue weighted by molar-refractivity contribution is 5.37. The van der Waals surface area contributed by atoms with Gasteiger partial charge in [0.25, 0.3) is 0 Å². The summed E-state index contributed by atoms with van der Waals surface area (Å²) in [5, 5.41) is 2.90. The van der Waals surface area contributed by atoms with E-state index in [0.29, 0.717) is 24.1 Å². The van der Waals surface area contributed by atoms with Gasteiger partial charge in [-0.05, 0) is 0 Å². The molecule has 1 aromatic rings. The second kappa shape index (κ2) is 5.83. The Balaban J connectivity index is 2.85. The van der Waals surface area contributed by atoms with Gasteiger partial charge in [0.2, 0.25) is 5.88 Å². The highest BCUT2D eigenvalue weighted by Gasteiger charge is 2.03. The molecule has 15 heavy (non-hydrogen) atoms. The fourth-order valence-corrected chi connectivity index (χ4v) is 0.984. The summed E-state index contributed by atoms with van der Waals surface area (Å²) in [6, 6.07) is 1.68. The fraction of sp³-hybridized carbons (Fsp3) is 0.400. The molecule has 0 radical (unpaired) electrons. The number of rotatable bonds is 5. The SMILES string of the molecule is C#CCOc1cc(NC)nc(COC)n1. The predicted octanol–water partition coefficient (Wildman–Crippen LogP) is 0.677. The second-order valence-electron chi connectivity index (χ2n) is 2.68. The topological polar surface area (TPSA) is 56.3 Å². The summed E-state index contributed by atoms with van der Waals surface area (Å²) in [6.45, 7) is 0.522. The molecule has 1 N–H and O–H groups in total. The van der Waals surface area contributed by atoms with Gasteiger partial charge in [0.05, 0.1) is 0 Å². The molecule has 0 atom stereocenters. The second-order valence-corrected chi connectivity index (χ2v) is 2.68. The highest BCUT2D eigenvalue weighted by atomic mass is 16.5. The van der Waals surface area contributed by atoms with E-state index in [2.05, 4.69) is 21.2 Å². The largest absolute Gasteiger partial charge is 0.464 e. The number of anilines is 1. The van der Waals surface area contributed by atoms with E-state index in [9.17, 15) is 0 Å². The smallest absolute Gasteiger partial charge is 0.219 e. The molecule has 1 rings (SSSR count). The minimum atomic E-state index is 0.187. The number of terminal acetylenes is 1. The van der Waals surface area contributed by atoms with Crippen LogP contribution in [0.1, 0.15) is 5.82 Å². The van der Waals surface area contributed by atoms with Crippen LogP contribution in [0.5, 0.6) is 5.88 Å². The molecule has 5 nitrogen and oxygen atoms in total. The lowest BCUT2D eigenvalue weighted by Gasteiger charge is -2.06. The van der Waals surface area contributed by atoms with E-state index in [1.807, 2.05) is 0 Å². The molecular weight excluding hydrogens is 194 g/mol. The Morgan fingerprint density at radius 2 is 2.33 bits per heavy atom. The maximum absolute atomic E-state index is 5.20. The molecule has 0 amide bonds. The van der Waals surface area contributed by atoms with E-state index in [1.54, 1.807) is 20.2 Å². The average Bonchev–Trinajstić information content (AvgIpc) is 2.26.